The number of carboxylic acid groups (broad SMARTS) is 2. The number of nitrogens with one attached hydrogen (secondary N) is 12. The van der Waals surface area contributed by atoms with Gasteiger partial charge in [-0.1, -0.05) is 20.3 Å². The van der Waals surface area contributed by atoms with Crippen molar-refractivity contribution < 1.29 is 82.4 Å². The Morgan fingerprint density at radius 3 is 1.52 bits per heavy atom. The van der Waals surface area contributed by atoms with E-state index in [2.05, 4.69) is 98.4 Å². The van der Waals surface area contributed by atoms with Crippen LogP contribution < -0.4 is 76.1 Å². The van der Waals surface area contributed by atoms with Crippen LogP contribution in [0.5, 0.6) is 0 Å². The first-order valence-corrected chi connectivity index (χ1v) is 34.3. The maximum atomic E-state index is 14.5. The molecule has 12 atom stereocenters. The molecule has 0 bridgehead atoms. The highest BCUT2D eigenvalue weighted by atomic mass is 32.2. The van der Waals surface area contributed by atoms with E-state index in [4.69, 9.17) is 22.9 Å². The number of thioether (sulfide) groups is 1. The van der Waals surface area contributed by atoms with E-state index in [0.717, 1.165) is 0 Å². The summed E-state index contributed by atoms with van der Waals surface area (Å²) in [5, 5.41) is 54.6. The fourth-order valence-electron chi connectivity index (χ4n) is 10.00. The van der Waals surface area contributed by atoms with Crippen molar-refractivity contribution in [2.24, 2.45) is 28.9 Å². The SMILES string of the molecule is CSCC[C@H](NC(=O)[C@H](CC(N)=O)NC(=O)[C@@H]1CCCN1C(=O)[C@H](Cc1cnc[nH]1)NC(=O)[C@H](CS)NC(=O)[C@@H](N)CCCCN)C(=O)N[C@@H](CO)C(=O)N[C@@H](CC(C)C)C(=O)N[C@@H](CCCCN)C(=O)N[C@@H](CCC(=O)O)C(=O)N[C@@H](CS)C(=O)N[C@@H](Cc1cnc[nH]1)C(=O)O. The molecule has 39 heteroatoms. The number of aliphatic hydroxyl groups excluding tert-OH is 1. The molecule has 0 aromatic carbocycles. The van der Waals surface area contributed by atoms with Crippen molar-refractivity contribution in [2.75, 3.05) is 49.8 Å². The number of hydrogen-bond donors (Lipinski definition) is 21. The second-order valence-electron chi connectivity index (χ2n) is 23.4. The number of unbranched alkanes of at least 4 members (excludes halogenated alkanes) is 2. The number of nitrogens with zero attached hydrogens (tertiary/aromatic N) is 3. The van der Waals surface area contributed by atoms with E-state index < -0.39 is 181 Å². The summed E-state index contributed by atoms with van der Waals surface area (Å²) in [5.41, 5.74) is 23.7. The van der Waals surface area contributed by atoms with Crippen molar-refractivity contribution in [1.82, 2.24) is 78.0 Å². The summed E-state index contributed by atoms with van der Waals surface area (Å²) in [6, 6.07) is -17.5. The van der Waals surface area contributed by atoms with Gasteiger partial charge in [0.1, 0.15) is 66.5 Å². The van der Waals surface area contributed by atoms with Gasteiger partial charge in [-0.3, -0.25) is 62.3 Å². The number of likely N-dealkylation sites (tertiary alicyclic amines) is 1. The third kappa shape index (κ3) is 29.2. The van der Waals surface area contributed by atoms with Gasteiger partial charge in [0, 0.05) is 61.1 Å². The van der Waals surface area contributed by atoms with Crippen LogP contribution in [0.1, 0.15) is 109 Å². The van der Waals surface area contributed by atoms with E-state index in [1.54, 1.807) is 20.1 Å². The molecule has 3 rings (SSSR count). The van der Waals surface area contributed by atoms with Gasteiger partial charge in [-0.05, 0) is 95.2 Å². The molecule has 36 nitrogen and oxygen atoms in total. The number of aromatic nitrogens is 4. The second-order valence-corrected chi connectivity index (χ2v) is 25.2. The molecule has 0 unspecified atom stereocenters. The number of aliphatic hydroxyl groups is 1. The molecule has 12 amide bonds. The normalized spacial score (nSPS) is 16.2. The predicted molar refractivity (Wildman–Crippen MR) is 358 cm³/mol. The number of thiol groups is 2. The number of carbonyl (C=O) groups is 14. The van der Waals surface area contributed by atoms with Gasteiger partial charge in [-0.25, -0.2) is 14.8 Å². The van der Waals surface area contributed by atoms with Crippen molar-refractivity contribution >= 4 is 120 Å². The Morgan fingerprint density at radius 1 is 0.588 bits per heavy atom. The lowest BCUT2D eigenvalue weighted by atomic mass is 10.0. The molecule has 0 aliphatic carbocycles. The zero-order valence-corrected chi connectivity index (χ0v) is 57.0. The molecule has 0 radical (unpaired) electrons. The van der Waals surface area contributed by atoms with Gasteiger partial charge in [-0.15, -0.1) is 0 Å². The van der Waals surface area contributed by atoms with Gasteiger partial charge in [0.15, 0.2) is 0 Å². The highest BCUT2D eigenvalue weighted by Crippen LogP contribution is 2.21. The largest absolute Gasteiger partial charge is 0.481 e. The Morgan fingerprint density at radius 2 is 1.03 bits per heavy atom. The summed E-state index contributed by atoms with van der Waals surface area (Å²) in [5.74, 6) is -14.8. The van der Waals surface area contributed by atoms with Crippen molar-refractivity contribution in [3.8, 4) is 0 Å². The van der Waals surface area contributed by atoms with Gasteiger partial charge in [0.05, 0.1) is 31.7 Å². The lowest BCUT2D eigenvalue weighted by Gasteiger charge is -2.30. The average Bonchev–Trinajstić information content (AvgIpc) is 1.84. The maximum absolute atomic E-state index is 14.5. The van der Waals surface area contributed by atoms with E-state index in [1.165, 1.54) is 41.7 Å². The second kappa shape index (κ2) is 43.9. The number of hydrogen-bond acceptors (Lipinski definition) is 23. The van der Waals surface area contributed by atoms with Crippen LogP contribution in [0.3, 0.4) is 0 Å². The molecular formula is C58H95N19O17S3. The zero-order valence-electron chi connectivity index (χ0n) is 54.4. The first kappa shape index (κ1) is 83.1. The van der Waals surface area contributed by atoms with Crippen LogP contribution in [0.4, 0.5) is 0 Å². The lowest BCUT2D eigenvalue weighted by molar-refractivity contribution is -0.142. The summed E-state index contributed by atoms with van der Waals surface area (Å²) < 4.78 is 0. The molecule has 2 aromatic rings. The van der Waals surface area contributed by atoms with Crippen molar-refractivity contribution in [3.63, 3.8) is 0 Å². The molecule has 1 aliphatic rings. The van der Waals surface area contributed by atoms with Gasteiger partial charge in [0.25, 0.3) is 0 Å². The molecule has 1 aliphatic heterocycles. The third-order valence-electron chi connectivity index (χ3n) is 15.3. The summed E-state index contributed by atoms with van der Waals surface area (Å²) in [7, 11) is 0. The molecule has 1 saturated heterocycles. The number of imidazole rings is 2. The van der Waals surface area contributed by atoms with Crippen LogP contribution in [0.2, 0.25) is 0 Å². The van der Waals surface area contributed by atoms with Crippen LogP contribution in [0.15, 0.2) is 25.0 Å². The van der Waals surface area contributed by atoms with Crippen LogP contribution in [0, 0.1) is 5.92 Å². The Labute approximate surface area is 575 Å². The number of rotatable bonds is 47. The van der Waals surface area contributed by atoms with E-state index in [1.807, 2.05) is 0 Å². The first-order chi connectivity index (χ1) is 46.1. The summed E-state index contributed by atoms with van der Waals surface area (Å²) in [6.07, 6.45) is 6.82. The van der Waals surface area contributed by atoms with Crippen molar-refractivity contribution in [2.45, 2.75) is 183 Å². The Bertz CT molecular complexity index is 2940. The van der Waals surface area contributed by atoms with E-state index in [-0.39, 0.29) is 87.6 Å². The van der Waals surface area contributed by atoms with Crippen LogP contribution >= 0.6 is 37.0 Å². The maximum Gasteiger partial charge on any atom is 0.326 e. The monoisotopic (exact) mass is 1430 g/mol. The van der Waals surface area contributed by atoms with Gasteiger partial charge in [-0.2, -0.15) is 37.0 Å². The topological polar surface area (TPSA) is 585 Å². The average molecular weight is 1430 g/mol. The Balaban J connectivity index is 1.81. The van der Waals surface area contributed by atoms with E-state index >= 15 is 0 Å². The fraction of sp³-hybridized carbons (Fsp3) is 0.655. The van der Waals surface area contributed by atoms with Crippen LogP contribution in [0.25, 0.3) is 0 Å². The summed E-state index contributed by atoms with van der Waals surface area (Å²) in [6.45, 7) is 2.90. The minimum Gasteiger partial charge on any atom is -0.481 e. The third-order valence-corrected chi connectivity index (χ3v) is 16.6. The number of carbonyl (C=O) groups excluding carboxylic acids is 12. The summed E-state index contributed by atoms with van der Waals surface area (Å²) in [4.78, 5) is 204. The molecule has 97 heavy (non-hydrogen) atoms. The number of carboxylic acids is 2. The minimum absolute atomic E-state index is 0.00864. The molecule has 3 heterocycles. The van der Waals surface area contributed by atoms with Crippen molar-refractivity contribution in [1.29, 1.82) is 0 Å². The quantitative estimate of drug-likeness (QED) is 0.0217. The molecule has 1 fully saturated rings. The molecule has 2 aromatic heterocycles. The number of aliphatic carboxylic acids is 2. The number of H-pyrrole nitrogens is 2. The van der Waals surface area contributed by atoms with Gasteiger partial charge >= 0.3 is 11.9 Å². The molecular weight excluding hydrogens is 1330 g/mol. The van der Waals surface area contributed by atoms with Crippen molar-refractivity contribution in [3.05, 3.63) is 36.4 Å². The molecule has 23 N–H and O–H groups in total. The summed E-state index contributed by atoms with van der Waals surface area (Å²) >= 11 is 9.63. The molecule has 0 saturated carbocycles. The van der Waals surface area contributed by atoms with Crippen LogP contribution in [-0.4, -0.2) is 245 Å². The van der Waals surface area contributed by atoms with Crippen LogP contribution in [-0.2, 0) is 80.0 Å². The first-order valence-electron chi connectivity index (χ1n) is 31.6. The number of primary amides is 1. The van der Waals surface area contributed by atoms with Gasteiger partial charge in [0.2, 0.25) is 70.9 Å². The highest BCUT2D eigenvalue weighted by Gasteiger charge is 2.41. The number of nitrogens with two attached hydrogens (primary N) is 4. The standard InChI is InChI=1S/C58H95N19O17S3/c1-30(2)19-37(51(86)67-34(10-5-7-16-60)48(83)68-35(12-13-46(80)81)49(84)76-43(27-96)55(90)73-40(58(93)94)21-32-24-64-29-66-32)70-53(88)41(25-78)74-50(85)36(14-18-97-3)69-52(87)38(22-45(62)79)71-56(91)44-11-8-17-77(44)57(92)39(20-31-23-63-28-65-31)72-54(89)42(26-95)75-47(82)33(61)9-4-6-15-59/h23-24,28-30,33-44,78,95-96H,4-22,25-27,59-61H2,1-3H3,(H2,62,79)(H,63,65)(H,64,66)(H,67,86)(H,68,83)(H,69,87)(H,70,88)(H,71,91)(H,72,89)(H,73,90)(H,74,85)(H,75,82)(H,76,84)(H,80,81)(H,93,94)/t33-,34-,35-,36-,37-,38-,39-,40-,41-,42-,43-,44-/m0/s1. The minimum atomic E-state index is -1.80. The Hall–Kier alpha value is -8.11. The number of amides is 12. The van der Waals surface area contributed by atoms with E-state index in [9.17, 15) is 82.4 Å². The lowest BCUT2D eigenvalue weighted by Crippen LogP contribution is -2.61. The number of aromatic amines is 2. The molecule has 0 spiro atoms. The van der Waals surface area contributed by atoms with E-state index in [0.29, 0.717) is 43.6 Å². The zero-order chi connectivity index (χ0) is 72.3. The Kier molecular flexibility index (Phi) is 37.7. The fourth-order valence-corrected chi connectivity index (χ4v) is 11.0. The molecule has 542 valence electrons. The smallest absolute Gasteiger partial charge is 0.326 e. The highest BCUT2D eigenvalue weighted by molar-refractivity contribution is 7.98. The predicted octanol–water partition coefficient (Wildman–Crippen LogP) is -6.18. The van der Waals surface area contributed by atoms with Gasteiger partial charge < -0.3 is 106 Å².